The Morgan fingerprint density at radius 2 is 2.18 bits per heavy atom. The first kappa shape index (κ1) is 7.87. The van der Waals surface area contributed by atoms with Crippen molar-refractivity contribution in [3.63, 3.8) is 0 Å². The fraction of sp³-hybridized carbons (Fsp3) is 0.444. The third-order valence-corrected chi connectivity index (χ3v) is 2.08. The van der Waals surface area contributed by atoms with Gasteiger partial charge in [0, 0.05) is 18.9 Å². The highest BCUT2D eigenvalue weighted by Crippen LogP contribution is 2.14. The molecule has 1 aromatic heterocycles. The summed E-state index contributed by atoms with van der Waals surface area (Å²) in [6.45, 7) is 4.12. The smallest absolute Gasteiger partial charge is 0.0757 e. The highest BCUT2D eigenvalue weighted by molar-refractivity contribution is 5.31. The first-order valence-electron chi connectivity index (χ1n) is 3.65. The highest BCUT2D eigenvalue weighted by Gasteiger charge is 2.05. The van der Waals surface area contributed by atoms with Crippen LogP contribution >= 0.6 is 0 Å². The maximum absolute atomic E-state index is 8.51. The topological polar surface area (TPSA) is 28.7 Å². The normalized spacial score (nSPS) is 9.64. The van der Waals surface area contributed by atoms with Gasteiger partial charge in [0.15, 0.2) is 0 Å². The van der Waals surface area contributed by atoms with Crippen LogP contribution in [-0.4, -0.2) is 4.57 Å². The van der Waals surface area contributed by atoms with Crippen molar-refractivity contribution in [1.82, 2.24) is 4.57 Å². The molecule has 0 fully saturated rings. The van der Waals surface area contributed by atoms with Crippen LogP contribution in [-0.2, 0) is 13.5 Å². The number of rotatable bonds is 1. The van der Waals surface area contributed by atoms with E-state index in [0.29, 0.717) is 6.42 Å². The van der Waals surface area contributed by atoms with Crippen LogP contribution in [0.4, 0.5) is 0 Å². The van der Waals surface area contributed by atoms with Crippen LogP contribution in [0, 0.1) is 25.2 Å². The Hall–Kier alpha value is -1.23. The largest absolute Gasteiger partial charge is 0.353 e. The standard InChI is InChI=1S/C9H12N2/c1-7-6-11(3)9(4-5-10)8(7)2/h6H,4H2,1-3H3. The van der Waals surface area contributed by atoms with Gasteiger partial charge >= 0.3 is 0 Å². The number of hydrogen-bond acceptors (Lipinski definition) is 1. The van der Waals surface area contributed by atoms with Crippen molar-refractivity contribution < 1.29 is 0 Å². The lowest BCUT2D eigenvalue weighted by molar-refractivity contribution is 0.854. The van der Waals surface area contributed by atoms with Gasteiger partial charge in [-0.3, -0.25) is 0 Å². The molecule has 0 amide bonds. The van der Waals surface area contributed by atoms with Gasteiger partial charge in [0.2, 0.25) is 0 Å². The van der Waals surface area contributed by atoms with Gasteiger partial charge in [0.1, 0.15) is 0 Å². The van der Waals surface area contributed by atoms with E-state index >= 15 is 0 Å². The summed E-state index contributed by atoms with van der Waals surface area (Å²) in [5.41, 5.74) is 3.64. The third kappa shape index (κ3) is 1.27. The van der Waals surface area contributed by atoms with Crippen molar-refractivity contribution >= 4 is 0 Å². The minimum absolute atomic E-state index is 0.510. The van der Waals surface area contributed by atoms with Crippen LogP contribution in [0.15, 0.2) is 6.20 Å². The number of nitrogens with zero attached hydrogens (tertiary/aromatic N) is 2. The van der Waals surface area contributed by atoms with Crippen LogP contribution in [0.1, 0.15) is 16.8 Å². The zero-order valence-electron chi connectivity index (χ0n) is 7.18. The quantitative estimate of drug-likeness (QED) is 0.596. The molecule has 0 spiro atoms. The average molecular weight is 148 g/mol. The summed E-state index contributed by atoms with van der Waals surface area (Å²) in [7, 11) is 1.98. The van der Waals surface area contributed by atoms with Gasteiger partial charge in [-0.25, -0.2) is 0 Å². The molecule has 1 rings (SSSR count). The maximum Gasteiger partial charge on any atom is 0.0757 e. The second-order valence-corrected chi connectivity index (χ2v) is 2.83. The molecule has 0 aliphatic carbocycles. The average Bonchev–Trinajstić information content (AvgIpc) is 2.17. The molecule has 1 heterocycles. The molecule has 0 aromatic carbocycles. The Morgan fingerprint density at radius 3 is 2.55 bits per heavy atom. The lowest BCUT2D eigenvalue weighted by atomic mass is 10.1. The van der Waals surface area contributed by atoms with Crippen molar-refractivity contribution in [1.29, 1.82) is 5.26 Å². The Labute approximate surface area is 67.1 Å². The minimum atomic E-state index is 0.510. The molecule has 11 heavy (non-hydrogen) atoms. The number of aryl methyl sites for hydroxylation is 2. The van der Waals surface area contributed by atoms with Crippen LogP contribution in [0.2, 0.25) is 0 Å². The van der Waals surface area contributed by atoms with Crippen molar-refractivity contribution in [2.45, 2.75) is 20.3 Å². The van der Waals surface area contributed by atoms with Gasteiger partial charge in [0.25, 0.3) is 0 Å². The molecular formula is C9H12N2. The molecule has 2 heteroatoms. The summed E-state index contributed by atoms with van der Waals surface area (Å²) in [6, 6.07) is 2.16. The van der Waals surface area contributed by atoms with Gasteiger partial charge in [-0.1, -0.05) is 0 Å². The first-order valence-corrected chi connectivity index (χ1v) is 3.65. The second-order valence-electron chi connectivity index (χ2n) is 2.83. The van der Waals surface area contributed by atoms with E-state index in [9.17, 15) is 0 Å². The highest BCUT2D eigenvalue weighted by atomic mass is 14.9. The molecule has 0 aliphatic heterocycles. The van der Waals surface area contributed by atoms with Crippen LogP contribution < -0.4 is 0 Å². The van der Waals surface area contributed by atoms with Gasteiger partial charge in [-0.05, 0) is 25.0 Å². The van der Waals surface area contributed by atoms with E-state index in [2.05, 4.69) is 26.1 Å². The number of nitriles is 1. The van der Waals surface area contributed by atoms with E-state index in [1.165, 1.54) is 11.1 Å². The molecule has 0 N–H and O–H groups in total. The lowest BCUT2D eigenvalue weighted by Crippen LogP contribution is -1.94. The molecule has 0 atom stereocenters. The molecule has 2 nitrogen and oxygen atoms in total. The monoisotopic (exact) mass is 148 g/mol. The van der Waals surface area contributed by atoms with Crippen molar-refractivity contribution in [2.75, 3.05) is 0 Å². The minimum Gasteiger partial charge on any atom is -0.353 e. The van der Waals surface area contributed by atoms with E-state index in [0.717, 1.165) is 5.69 Å². The van der Waals surface area contributed by atoms with Crippen LogP contribution in [0.5, 0.6) is 0 Å². The van der Waals surface area contributed by atoms with Gasteiger partial charge < -0.3 is 4.57 Å². The molecule has 0 unspecified atom stereocenters. The van der Waals surface area contributed by atoms with E-state index in [1.807, 2.05) is 11.6 Å². The second kappa shape index (κ2) is 2.79. The molecule has 0 aliphatic rings. The summed E-state index contributed by atoms with van der Waals surface area (Å²) in [6.07, 6.45) is 2.57. The van der Waals surface area contributed by atoms with Crippen molar-refractivity contribution in [3.05, 3.63) is 23.0 Å². The maximum atomic E-state index is 8.51. The molecule has 58 valence electrons. The van der Waals surface area contributed by atoms with E-state index in [-0.39, 0.29) is 0 Å². The lowest BCUT2D eigenvalue weighted by Gasteiger charge is -1.97. The summed E-state index contributed by atoms with van der Waals surface area (Å²) < 4.78 is 2.02. The predicted octanol–water partition coefficient (Wildman–Crippen LogP) is 1.71. The van der Waals surface area contributed by atoms with Gasteiger partial charge in [-0.2, -0.15) is 5.26 Å². The molecule has 0 saturated heterocycles. The summed E-state index contributed by atoms with van der Waals surface area (Å²) in [5.74, 6) is 0. The Balaban J connectivity index is 3.14. The van der Waals surface area contributed by atoms with Gasteiger partial charge in [0.05, 0.1) is 12.5 Å². The molecule has 1 aromatic rings. The molecule has 0 bridgehead atoms. The summed E-state index contributed by atoms with van der Waals surface area (Å²) in [4.78, 5) is 0. The summed E-state index contributed by atoms with van der Waals surface area (Å²) >= 11 is 0. The van der Waals surface area contributed by atoms with Crippen molar-refractivity contribution in [2.24, 2.45) is 7.05 Å². The molecule has 0 saturated carbocycles. The van der Waals surface area contributed by atoms with Gasteiger partial charge in [-0.15, -0.1) is 0 Å². The summed E-state index contributed by atoms with van der Waals surface area (Å²) in [5, 5.41) is 8.51. The molecular weight excluding hydrogens is 136 g/mol. The fourth-order valence-corrected chi connectivity index (χ4v) is 1.29. The first-order chi connectivity index (χ1) is 5.16. The van der Waals surface area contributed by atoms with E-state index < -0.39 is 0 Å². The fourth-order valence-electron chi connectivity index (χ4n) is 1.29. The number of hydrogen-bond donors (Lipinski definition) is 0. The number of aromatic nitrogens is 1. The zero-order chi connectivity index (χ0) is 8.43. The molecule has 0 radical (unpaired) electrons. The van der Waals surface area contributed by atoms with E-state index in [1.54, 1.807) is 0 Å². The Morgan fingerprint density at radius 1 is 1.55 bits per heavy atom. The van der Waals surface area contributed by atoms with E-state index in [4.69, 9.17) is 5.26 Å². The Kier molecular flexibility index (Phi) is 2.00. The predicted molar refractivity (Wildman–Crippen MR) is 44.2 cm³/mol. The zero-order valence-corrected chi connectivity index (χ0v) is 7.18. The third-order valence-electron chi connectivity index (χ3n) is 2.08. The van der Waals surface area contributed by atoms with Crippen molar-refractivity contribution in [3.8, 4) is 6.07 Å². The van der Waals surface area contributed by atoms with Crippen LogP contribution in [0.3, 0.4) is 0 Å². The van der Waals surface area contributed by atoms with Crippen LogP contribution in [0.25, 0.3) is 0 Å². The SMILES string of the molecule is Cc1cn(C)c(CC#N)c1C. The Bertz CT molecular complexity index is 302.